The first kappa shape index (κ1) is 14.7. The number of benzene rings is 1. The van der Waals surface area contributed by atoms with Crippen LogP contribution in [0.3, 0.4) is 0 Å². The van der Waals surface area contributed by atoms with E-state index in [1.165, 1.54) is 0 Å². The largest absolute Gasteiger partial charge is 0.479 e. The molecular formula is C10H6F3N3O5. The quantitative estimate of drug-likeness (QED) is 0.661. The predicted octanol–water partition coefficient (Wildman–Crippen LogP) is 2.24. The molecule has 1 N–H and O–H groups in total. The third kappa shape index (κ3) is 2.61. The maximum atomic E-state index is 12.8. The van der Waals surface area contributed by atoms with E-state index in [0.29, 0.717) is 6.07 Å². The Morgan fingerprint density at radius 1 is 1.43 bits per heavy atom. The molecule has 0 atom stereocenters. The summed E-state index contributed by atoms with van der Waals surface area (Å²) in [7, 11) is 0. The second-order valence-corrected chi connectivity index (χ2v) is 3.99. The van der Waals surface area contributed by atoms with Gasteiger partial charge in [-0.15, -0.1) is 10.2 Å². The highest BCUT2D eigenvalue weighted by molar-refractivity contribution is 5.68. The third-order valence-electron chi connectivity index (χ3n) is 2.60. The van der Waals surface area contributed by atoms with Crippen LogP contribution >= 0.6 is 0 Å². The van der Waals surface area contributed by atoms with Gasteiger partial charge in [0.15, 0.2) is 12.4 Å². The van der Waals surface area contributed by atoms with Crippen LogP contribution in [-0.2, 0) is 10.5 Å². The maximum absolute atomic E-state index is 12.8. The molecule has 0 fully saturated rings. The number of hydrogen-bond donors (Lipinski definition) is 1. The summed E-state index contributed by atoms with van der Waals surface area (Å²) in [5.74, 6) is -1.84. The topological polar surface area (TPSA) is 114 Å². The highest BCUT2D eigenvalue weighted by atomic mass is 19.4. The van der Waals surface area contributed by atoms with Gasteiger partial charge in [0.25, 0.3) is 0 Å². The zero-order chi connectivity index (χ0) is 15.8. The summed E-state index contributed by atoms with van der Waals surface area (Å²) in [6.45, 7) is -0.862. The Balaban J connectivity index is 2.38. The molecule has 0 radical (unpaired) electrons. The number of nitro groups is 1. The number of carboxylic acids is 1. The van der Waals surface area contributed by atoms with Gasteiger partial charge in [-0.3, -0.25) is 10.1 Å². The molecule has 0 spiro atoms. The van der Waals surface area contributed by atoms with Crippen LogP contribution in [0.25, 0.3) is 0 Å². The molecule has 0 amide bonds. The van der Waals surface area contributed by atoms with E-state index in [2.05, 4.69) is 15.0 Å². The Bertz CT molecular complexity index is 637. The van der Waals surface area contributed by atoms with E-state index in [9.17, 15) is 28.1 Å². The fourth-order valence-corrected chi connectivity index (χ4v) is 1.58. The van der Waals surface area contributed by atoms with Crippen LogP contribution in [-0.4, -0.2) is 28.8 Å². The van der Waals surface area contributed by atoms with Gasteiger partial charge in [0.1, 0.15) is 0 Å². The maximum Gasteiger partial charge on any atom is 0.442 e. The van der Waals surface area contributed by atoms with E-state index in [1.54, 1.807) is 0 Å². The molecular weight excluding hydrogens is 299 g/mol. The minimum atomic E-state index is -4.82. The van der Waals surface area contributed by atoms with Gasteiger partial charge >= 0.3 is 23.5 Å². The highest BCUT2D eigenvalue weighted by Crippen LogP contribution is 2.53. The molecule has 1 aromatic carbocycles. The van der Waals surface area contributed by atoms with Crippen LogP contribution in [0.4, 0.5) is 18.9 Å². The Kier molecular flexibility index (Phi) is 3.27. The second-order valence-electron chi connectivity index (χ2n) is 3.99. The number of aliphatic carboxylic acids is 1. The minimum Gasteiger partial charge on any atom is -0.479 e. The molecule has 0 aromatic heterocycles. The summed E-state index contributed by atoms with van der Waals surface area (Å²) in [6, 6.07) is 2.40. The fraction of sp³-hybridized carbons (Fsp3) is 0.300. The van der Waals surface area contributed by atoms with E-state index in [4.69, 9.17) is 5.11 Å². The van der Waals surface area contributed by atoms with Crippen molar-refractivity contribution in [1.29, 1.82) is 0 Å². The van der Waals surface area contributed by atoms with Crippen LogP contribution in [0.15, 0.2) is 28.4 Å². The van der Waals surface area contributed by atoms with E-state index in [1.807, 2.05) is 0 Å². The summed E-state index contributed by atoms with van der Waals surface area (Å²) in [5.41, 5.74) is -4.12. The SMILES string of the molecule is O=C(O)COc1ccc(C2(C(F)(F)F)N=N2)cc1[N+](=O)[O-]. The lowest BCUT2D eigenvalue weighted by molar-refractivity contribution is -0.385. The lowest BCUT2D eigenvalue weighted by Crippen LogP contribution is -2.30. The Morgan fingerprint density at radius 3 is 2.48 bits per heavy atom. The summed E-state index contributed by atoms with van der Waals surface area (Å²) < 4.78 is 43.1. The van der Waals surface area contributed by atoms with Gasteiger partial charge in [-0.05, 0) is 12.1 Å². The summed E-state index contributed by atoms with van der Waals surface area (Å²) in [6.07, 6.45) is -4.82. The Labute approximate surface area is 114 Å². The summed E-state index contributed by atoms with van der Waals surface area (Å²) in [4.78, 5) is 20.2. The number of rotatable bonds is 5. The molecule has 2 rings (SSSR count). The van der Waals surface area contributed by atoms with E-state index in [0.717, 1.165) is 12.1 Å². The van der Waals surface area contributed by atoms with Crippen LogP contribution in [0.5, 0.6) is 5.75 Å². The van der Waals surface area contributed by atoms with Gasteiger partial charge in [0.05, 0.1) is 4.92 Å². The fourth-order valence-electron chi connectivity index (χ4n) is 1.58. The van der Waals surface area contributed by atoms with Crippen molar-refractivity contribution in [2.75, 3.05) is 6.61 Å². The van der Waals surface area contributed by atoms with Crippen molar-refractivity contribution < 1.29 is 32.7 Å². The van der Waals surface area contributed by atoms with Gasteiger partial charge in [0, 0.05) is 11.6 Å². The Hall–Kier alpha value is -2.72. The molecule has 0 saturated carbocycles. The van der Waals surface area contributed by atoms with E-state index < -0.39 is 46.3 Å². The first-order valence-corrected chi connectivity index (χ1v) is 5.32. The van der Waals surface area contributed by atoms with Crippen LogP contribution in [0, 0.1) is 10.1 Å². The molecule has 0 saturated heterocycles. The lowest BCUT2D eigenvalue weighted by atomic mass is 10.0. The Morgan fingerprint density at radius 2 is 2.05 bits per heavy atom. The molecule has 1 heterocycles. The van der Waals surface area contributed by atoms with Crippen LogP contribution in [0.2, 0.25) is 0 Å². The zero-order valence-corrected chi connectivity index (χ0v) is 9.99. The number of alkyl halides is 3. The van der Waals surface area contributed by atoms with Gasteiger partial charge in [0.2, 0.25) is 0 Å². The molecule has 0 bridgehead atoms. The van der Waals surface area contributed by atoms with Crippen molar-refractivity contribution in [3.63, 3.8) is 0 Å². The molecule has 1 aromatic rings. The van der Waals surface area contributed by atoms with E-state index in [-0.39, 0.29) is 0 Å². The van der Waals surface area contributed by atoms with Crippen LogP contribution in [0.1, 0.15) is 5.56 Å². The average Bonchev–Trinajstić information content (AvgIpc) is 3.16. The number of nitro benzene ring substituents is 1. The average molecular weight is 305 g/mol. The van der Waals surface area contributed by atoms with Gasteiger partial charge in [-0.2, -0.15) is 13.2 Å². The molecule has 8 nitrogen and oxygen atoms in total. The molecule has 11 heteroatoms. The monoisotopic (exact) mass is 305 g/mol. The van der Waals surface area contributed by atoms with Gasteiger partial charge in [-0.1, -0.05) is 0 Å². The third-order valence-corrected chi connectivity index (χ3v) is 2.60. The minimum absolute atomic E-state index is 0.455. The van der Waals surface area contributed by atoms with E-state index >= 15 is 0 Å². The first-order valence-electron chi connectivity index (χ1n) is 5.32. The standard InChI is InChI=1S/C10H6F3N3O5/c11-10(12,13)9(14-15-9)5-1-2-7(21-4-8(17)18)6(3-5)16(19)20/h1-3H,4H2,(H,17,18). The van der Waals surface area contributed by atoms with Crippen molar-refractivity contribution in [2.45, 2.75) is 11.8 Å². The van der Waals surface area contributed by atoms with Gasteiger partial charge in [-0.25, -0.2) is 4.79 Å². The van der Waals surface area contributed by atoms with Crippen molar-refractivity contribution in [3.8, 4) is 5.75 Å². The normalized spacial score (nSPS) is 15.6. The number of hydrogen-bond acceptors (Lipinski definition) is 6. The molecule has 21 heavy (non-hydrogen) atoms. The predicted molar refractivity (Wildman–Crippen MR) is 58.8 cm³/mol. The zero-order valence-electron chi connectivity index (χ0n) is 9.99. The summed E-state index contributed by atoms with van der Waals surface area (Å²) >= 11 is 0. The van der Waals surface area contributed by atoms with Crippen LogP contribution < -0.4 is 4.74 Å². The smallest absolute Gasteiger partial charge is 0.442 e. The number of carboxylic acid groups (broad SMARTS) is 1. The number of nitrogens with zero attached hydrogens (tertiary/aromatic N) is 3. The number of ether oxygens (including phenoxy) is 1. The molecule has 1 aliphatic heterocycles. The molecule has 112 valence electrons. The van der Waals surface area contributed by atoms with Crippen molar-refractivity contribution in [3.05, 3.63) is 33.9 Å². The number of carbonyl (C=O) groups is 1. The van der Waals surface area contributed by atoms with Crippen molar-refractivity contribution >= 4 is 11.7 Å². The molecule has 0 aliphatic carbocycles. The van der Waals surface area contributed by atoms with Crippen molar-refractivity contribution in [1.82, 2.24) is 0 Å². The first-order chi connectivity index (χ1) is 9.67. The lowest BCUT2D eigenvalue weighted by Gasteiger charge is -2.15. The molecule has 1 aliphatic rings. The van der Waals surface area contributed by atoms with Crippen molar-refractivity contribution in [2.24, 2.45) is 10.2 Å². The number of halogens is 3. The van der Waals surface area contributed by atoms with Gasteiger partial charge < -0.3 is 9.84 Å². The second kappa shape index (κ2) is 4.68. The summed E-state index contributed by atoms with van der Waals surface area (Å²) in [5, 5.41) is 25.1. The molecule has 0 unspecified atom stereocenters. The highest BCUT2D eigenvalue weighted by Gasteiger charge is 2.65.